The third kappa shape index (κ3) is 31.0. The Hall–Kier alpha value is -1.67. The number of rotatable bonds is 43. The van der Waals surface area contributed by atoms with E-state index in [4.69, 9.17) is 9.47 Å². The Morgan fingerprint density at radius 2 is 0.952 bits per heavy atom. The topological polar surface area (TPSA) is 189 Å². The number of carbonyl (C=O) groups is 1. The molecule has 9 atom stereocenters. The molecule has 0 radical (unpaired) electrons. The van der Waals surface area contributed by atoms with Crippen LogP contribution in [0.15, 0.2) is 36.5 Å². The molecule has 0 saturated carbocycles. The molecule has 1 fully saturated rings. The molecule has 11 heteroatoms. The standard InChI is InChI=1S/C52H97NO10/c1-3-5-7-9-11-13-15-17-18-19-20-21-22-23-24-25-26-27-28-30-31-33-35-37-39-44(55)47(57)43(42-62-52-50(60)49(59)48(58)46(41-54)63-52)53-51(61)45(56)40-38-36-34-32-29-16-14-12-10-8-6-4-2/h26-27,29,31-33,43-50,52,54-60H,3-25,28,30,34-42H2,1-2H3,(H,53,61)/b27-26+,32-29-,33-31+. The van der Waals surface area contributed by atoms with Crippen LogP contribution < -0.4 is 5.32 Å². The van der Waals surface area contributed by atoms with Gasteiger partial charge in [-0.2, -0.15) is 0 Å². The molecule has 0 aromatic carbocycles. The number of aliphatic hydroxyl groups is 7. The first-order valence-electron chi connectivity index (χ1n) is 25.9. The lowest BCUT2D eigenvalue weighted by Gasteiger charge is -2.40. The number of allylic oxidation sites excluding steroid dienone is 6. The maximum Gasteiger partial charge on any atom is 0.249 e. The van der Waals surface area contributed by atoms with Crippen LogP contribution in [0.2, 0.25) is 0 Å². The Morgan fingerprint density at radius 3 is 1.41 bits per heavy atom. The zero-order valence-electron chi connectivity index (χ0n) is 40.1. The van der Waals surface area contributed by atoms with Crippen molar-refractivity contribution in [2.24, 2.45) is 0 Å². The summed E-state index contributed by atoms with van der Waals surface area (Å²) in [6.07, 6.45) is 37.8. The van der Waals surface area contributed by atoms with Gasteiger partial charge in [0.05, 0.1) is 25.4 Å². The van der Waals surface area contributed by atoms with Crippen molar-refractivity contribution in [1.82, 2.24) is 5.32 Å². The molecule has 0 bridgehead atoms. The molecule has 0 aromatic rings. The number of unbranched alkanes of at least 4 members (excludes halogenated alkanes) is 25. The van der Waals surface area contributed by atoms with Gasteiger partial charge in [0, 0.05) is 0 Å². The maximum atomic E-state index is 13.1. The van der Waals surface area contributed by atoms with E-state index in [2.05, 4.69) is 55.6 Å². The van der Waals surface area contributed by atoms with Crippen LogP contribution in [-0.4, -0.2) is 110 Å². The van der Waals surface area contributed by atoms with Gasteiger partial charge in [0.25, 0.3) is 0 Å². The molecule has 8 N–H and O–H groups in total. The number of nitrogens with one attached hydrogen (secondary N) is 1. The molecule has 1 aliphatic heterocycles. The number of ether oxygens (including phenoxy) is 2. The lowest BCUT2D eigenvalue weighted by molar-refractivity contribution is -0.303. The van der Waals surface area contributed by atoms with E-state index in [0.717, 1.165) is 38.5 Å². The summed E-state index contributed by atoms with van der Waals surface area (Å²) in [5.41, 5.74) is 0. The van der Waals surface area contributed by atoms with Gasteiger partial charge in [-0.25, -0.2) is 0 Å². The molecule has 1 aliphatic rings. The van der Waals surface area contributed by atoms with Gasteiger partial charge in [0.1, 0.15) is 36.6 Å². The van der Waals surface area contributed by atoms with Gasteiger partial charge >= 0.3 is 0 Å². The normalized spacial score (nSPS) is 21.4. The van der Waals surface area contributed by atoms with E-state index in [1.807, 2.05) is 0 Å². The minimum Gasteiger partial charge on any atom is -0.394 e. The van der Waals surface area contributed by atoms with Gasteiger partial charge in [-0.05, 0) is 77.0 Å². The summed E-state index contributed by atoms with van der Waals surface area (Å²) in [6, 6.07) is -1.20. The third-order valence-electron chi connectivity index (χ3n) is 12.4. The molecule has 1 saturated heterocycles. The van der Waals surface area contributed by atoms with E-state index >= 15 is 0 Å². The van der Waals surface area contributed by atoms with Crippen molar-refractivity contribution in [3.8, 4) is 0 Å². The molecule has 0 spiro atoms. The molecule has 0 aromatic heterocycles. The van der Waals surface area contributed by atoms with Crippen LogP contribution in [0.3, 0.4) is 0 Å². The Balaban J connectivity index is 2.39. The van der Waals surface area contributed by atoms with Crippen molar-refractivity contribution in [3.05, 3.63) is 36.5 Å². The van der Waals surface area contributed by atoms with Gasteiger partial charge in [-0.1, -0.05) is 179 Å². The minimum absolute atomic E-state index is 0.220. The quantitative estimate of drug-likeness (QED) is 0.0216. The molecular formula is C52H97NO10. The Bertz CT molecular complexity index is 1120. The highest BCUT2D eigenvalue weighted by atomic mass is 16.7. The number of amides is 1. The van der Waals surface area contributed by atoms with E-state index < -0.39 is 74.2 Å². The van der Waals surface area contributed by atoms with E-state index in [-0.39, 0.29) is 12.8 Å². The van der Waals surface area contributed by atoms with Crippen LogP contribution in [0.4, 0.5) is 0 Å². The monoisotopic (exact) mass is 896 g/mol. The van der Waals surface area contributed by atoms with E-state index in [9.17, 15) is 40.5 Å². The van der Waals surface area contributed by atoms with E-state index in [1.54, 1.807) is 0 Å². The molecule has 1 amide bonds. The number of hydrogen-bond acceptors (Lipinski definition) is 10. The average molecular weight is 896 g/mol. The van der Waals surface area contributed by atoms with Crippen LogP contribution in [-0.2, 0) is 14.3 Å². The second kappa shape index (κ2) is 41.7. The second-order valence-electron chi connectivity index (χ2n) is 18.2. The van der Waals surface area contributed by atoms with Crippen LogP contribution in [0, 0.1) is 0 Å². The first-order chi connectivity index (χ1) is 30.7. The van der Waals surface area contributed by atoms with Gasteiger partial charge < -0.3 is 50.5 Å². The summed E-state index contributed by atoms with van der Waals surface area (Å²) in [6.45, 7) is 3.40. The highest BCUT2D eigenvalue weighted by molar-refractivity contribution is 5.80. The SMILES string of the molecule is CCCCCCCC/C=C\CCCCC(O)C(=O)NC(COC1OC(CO)C(O)C(O)C1O)C(O)C(O)CCC/C=C/CC/C=C/CCCCCCCCCCCCCCCCC. The molecule has 370 valence electrons. The van der Waals surface area contributed by atoms with E-state index in [1.165, 1.54) is 135 Å². The summed E-state index contributed by atoms with van der Waals surface area (Å²) < 4.78 is 11.1. The highest BCUT2D eigenvalue weighted by Crippen LogP contribution is 2.23. The van der Waals surface area contributed by atoms with Crippen LogP contribution in [0.1, 0.15) is 219 Å². The van der Waals surface area contributed by atoms with Crippen LogP contribution in [0.5, 0.6) is 0 Å². The predicted molar refractivity (Wildman–Crippen MR) is 256 cm³/mol. The summed E-state index contributed by atoms with van der Waals surface area (Å²) in [4.78, 5) is 13.1. The summed E-state index contributed by atoms with van der Waals surface area (Å²) in [5, 5.41) is 75.7. The number of aliphatic hydroxyl groups excluding tert-OH is 7. The molecule has 1 rings (SSSR count). The first kappa shape index (κ1) is 59.3. The summed E-state index contributed by atoms with van der Waals surface area (Å²) in [7, 11) is 0. The maximum absolute atomic E-state index is 13.1. The molecular weight excluding hydrogens is 799 g/mol. The van der Waals surface area contributed by atoms with Crippen molar-refractivity contribution < 1.29 is 50.0 Å². The van der Waals surface area contributed by atoms with Crippen molar-refractivity contribution in [1.29, 1.82) is 0 Å². The zero-order valence-corrected chi connectivity index (χ0v) is 40.1. The first-order valence-corrected chi connectivity index (χ1v) is 25.9. The van der Waals surface area contributed by atoms with Gasteiger partial charge in [0.15, 0.2) is 6.29 Å². The van der Waals surface area contributed by atoms with Gasteiger partial charge in [-0.15, -0.1) is 0 Å². The fourth-order valence-electron chi connectivity index (χ4n) is 8.10. The zero-order chi connectivity index (χ0) is 46.2. The van der Waals surface area contributed by atoms with Crippen LogP contribution >= 0.6 is 0 Å². The lowest BCUT2D eigenvalue weighted by atomic mass is 9.98. The molecule has 9 unspecified atom stereocenters. The molecule has 1 heterocycles. The Morgan fingerprint density at radius 1 is 0.540 bits per heavy atom. The third-order valence-corrected chi connectivity index (χ3v) is 12.4. The van der Waals surface area contributed by atoms with Crippen molar-refractivity contribution in [2.45, 2.75) is 274 Å². The van der Waals surface area contributed by atoms with Crippen molar-refractivity contribution in [2.75, 3.05) is 13.2 Å². The molecule has 11 nitrogen and oxygen atoms in total. The smallest absolute Gasteiger partial charge is 0.249 e. The summed E-state index contributed by atoms with van der Waals surface area (Å²) >= 11 is 0. The fourth-order valence-corrected chi connectivity index (χ4v) is 8.10. The van der Waals surface area contributed by atoms with Crippen molar-refractivity contribution in [3.63, 3.8) is 0 Å². The Labute approximate surface area is 384 Å². The molecule has 63 heavy (non-hydrogen) atoms. The van der Waals surface area contributed by atoms with Crippen LogP contribution in [0.25, 0.3) is 0 Å². The molecule has 0 aliphatic carbocycles. The predicted octanol–water partition coefficient (Wildman–Crippen LogP) is 9.56. The minimum atomic E-state index is -1.67. The summed E-state index contributed by atoms with van der Waals surface area (Å²) in [5.74, 6) is -0.728. The largest absolute Gasteiger partial charge is 0.394 e. The fraction of sp³-hybridized carbons (Fsp3) is 0.865. The average Bonchev–Trinajstić information content (AvgIpc) is 3.28. The van der Waals surface area contributed by atoms with Gasteiger partial charge in [-0.3, -0.25) is 4.79 Å². The highest BCUT2D eigenvalue weighted by Gasteiger charge is 2.44. The van der Waals surface area contributed by atoms with Crippen molar-refractivity contribution >= 4 is 5.91 Å². The number of carbonyl (C=O) groups excluding carboxylic acids is 1. The lowest BCUT2D eigenvalue weighted by Crippen LogP contribution is -2.60. The van der Waals surface area contributed by atoms with E-state index in [0.29, 0.717) is 19.3 Å². The van der Waals surface area contributed by atoms with Gasteiger partial charge in [0.2, 0.25) is 5.91 Å². The second-order valence-corrected chi connectivity index (χ2v) is 18.2. The Kier molecular flexibility index (Phi) is 39.3. The number of hydrogen-bond donors (Lipinski definition) is 8.